The van der Waals surface area contributed by atoms with E-state index in [9.17, 15) is 9.59 Å². The van der Waals surface area contributed by atoms with Gasteiger partial charge in [-0.05, 0) is 6.92 Å². The molecule has 0 fully saturated rings. The number of Topliss-reactive ketones (excluding diaryl/α,β-unsaturated/α-hetero) is 2. The van der Waals surface area contributed by atoms with Crippen molar-refractivity contribution in [3.05, 3.63) is 35.9 Å². The molecule has 0 aromatic heterocycles. The Morgan fingerprint density at radius 2 is 1.26 bits per heavy atom. The Labute approximate surface area is 119 Å². The van der Waals surface area contributed by atoms with E-state index in [0.717, 1.165) is 0 Å². The Morgan fingerprint density at radius 3 is 1.58 bits per heavy atom. The molecule has 2 heteroatoms. The van der Waals surface area contributed by atoms with Crippen LogP contribution in [-0.2, 0) is 4.79 Å². The summed E-state index contributed by atoms with van der Waals surface area (Å²) in [6.45, 7) is 13.7. The lowest BCUT2D eigenvalue weighted by atomic mass is 10.1. The smallest absolute Gasteiger partial charge is 0.170 e. The number of ketones is 2. The van der Waals surface area contributed by atoms with Crippen molar-refractivity contribution in [2.75, 3.05) is 0 Å². The van der Waals surface area contributed by atoms with E-state index in [2.05, 4.69) is 13.8 Å². The first kappa shape index (κ1) is 22.7. The number of carbonyl (C=O) groups is 2. The van der Waals surface area contributed by atoms with E-state index >= 15 is 0 Å². The molecule has 0 saturated heterocycles. The summed E-state index contributed by atoms with van der Waals surface area (Å²) >= 11 is 0. The third kappa shape index (κ3) is 16.6. The molecule has 0 spiro atoms. The van der Waals surface area contributed by atoms with Crippen molar-refractivity contribution in [1.29, 1.82) is 0 Å². The van der Waals surface area contributed by atoms with Gasteiger partial charge in [-0.25, -0.2) is 0 Å². The van der Waals surface area contributed by atoms with Gasteiger partial charge in [0.05, 0.1) is 6.42 Å². The van der Waals surface area contributed by atoms with Crippen molar-refractivity contribution in [2.24, 2.45) is 0 Å². The minimum absolute atomic E-state index is 0.00398. The number of hydrogen-bond acceptors (Lipinski definition) is 2. The lowest BCUT2D eigenvalue weighted by Crippen LogP contribution is -2.04. The predicted octanol–water partition coefficient (Wildman–Crippen LogP) is 5.32. The van der Waals surface area contributed by atoms with Gasteiger partial charge < -0.3 is 0 Å². The second-order valence-corrected chi connectivity index (χ2v) is 3.38. The van der Waals surface area contributed by atoms with Gasteiger partial charge in [0.1, 0.15) is 5.78 Å². The van der Waals surface area contributed by atoms with Crippen molar-refractivity contribution in [3.8, 4) is 0 Å². The molecule has 2 nitrogen and oxygen atoms in total. The third-order valence-corrected chi connectivity index (χ3v) is 1.51. The zero-order chi connectivity index (χ0) is 15.7. The molecular formula is C17H30O2. The number of benzene rings is 1. The molecule has 0 atom stereocenters. The highest BCUT2D eigenvalue weighted by atomic mass is 16.1. The fraction of sp³-hybridized carbons (Fsp3) is 0.529. The van der Waals surface area contributed by atoms with Crippen LogP contribution >= 0.6 is 0 Å². The van der Waals surface area contributed by atoms with Crippen LogP contribution in [0, 0.1) is 0 Å². The summed E-state index contributed by atoms with van der Waals surface area (Å²) in [7, 11) is 0. The molecule has 0 saturated carbocycles. The fourth-order valence-corrected chi connectivity index (χ4v) is 0.952. The van der Waals surface area contributed by atoms with E-state index in [0.29, 0.717) is 5.56 Å². The zero-order valence-electron chi connectivity index (χ0n) is 13.6. The van der Waals surface area contributed by atoms with Crippen LogP contribution in [0.4, 0.5) is 0 Å². The maximum absolute atomic E-state index is 11.2. The van der Waals surface area contributed by atoms with Crippen molar-refractivity contribution in [3.63, 3.8) is 0 Å². The summed E-state index contributed by atoms with van der Waals surface area (Å²) in [4.78, 5) is 21.8. The standard InChI is InChI=1S/C10H10O2.C3H8.2C2H6/c1-8(11)7-10(12)9-5-3-2-4-6-9;1-3-2;2*1-2/h2-6H,7H2,1H3;3H2,1-2H3;2*1-2H3. The van der Waals surface area contributed by atoms with Gasteiger partial charge in [-0.2, -0.15) is 0 Å². The Hall–Kier alpha value is -1.44. The lowest BCUT2D eigenvalue weighted by Gasteiger charge is -1.95. The zero-order valence-corrected chi connectivity index (χ0v) is 13.6. The van der Waals surface area contributed by atoms with Gasteiger partial charge in [0, 0.05) is 5.56 Å². The SMILES string of the molecule is CC.CC.CC(=O)CC(=O)c1ccccc1.CCC. The van der Waals surface area contributed by atoms with E-state index in [1.165, 1.54) is 13.3 Å². The molecular weight excluding hydrogens is 236 g/mol. The Morgan fingerprint density at radius 1 is 0.895 bits per heavy atom. The minimum Gasteiger partial charge on any atom is -0.300 e. The highest BCUT2D eigenvalue weighted by Crippen LogP contribution is 2.02. The highest BCUT2D eigenvalue weighted by Gasteiger charge is 2.06. The monoisotopic (exact) mass is 266 g/mol. The van der Waals surface area contributed by atoms with Gasteiger partial charge in [-0.1, -0.05) is 78.3 Å². The van der Waals surface area contributed by atoms with E-state index in [1.807, 2.05) is 33.8 Å². The van der Waals surface area contributed by atoms with E-state index in [1.54, 1.807) is 24.3 Å². The molecule has 19 heavy (non-hydrogen) atoms. The molecule has 1 aromatic rings. The van der Waals surface area contributed by atoms with Gasteiger partial charge in [0.15, 0.2) is 5.78 Å². The largest absolute Gasteiger partial charge is 0.300 e. The molecule has 1 aromatic carbocycles. The molecule has 0 radical (unpaired) electrons. The van der Waals surface area contributed by atoms with Crippen LogP contribution in [0.2, 0.25) is 0 Å². The molecule has 0 heterocycles. The van der Waals surface area contributed by atoms with Crippen LogP contribution < -0.4 is 0 Å². The molecule has 0 bridgehead atoms. The molecule has 0 N–H and O–H groups in total. The summed E-state index contributed by atoms with van der Waals surface area (Å²) in [6.07, 6.45) is 1.25. The first-order valence-electron chi connectivity index (χ1n) is 7.19. The summed E-state index contributed by atoms with van der Waals surface area (Å²) in [6, 6.07) is 8.84. The lowest BCUT2D eigenvalue weighted by molar-refractivity contribution is -0.116. The Kier molecular flexibility index (Phi) is 22.6. The van der Waals surface area contributed by atoms with Crippen LogP contribution in [0.1, 0.15) is 71.7 Å². The van der Waals surface area contributed by atoms with Gasteiger partial charge in [0.2, 0.25) is 0 Å². The molecule has 1 rings (SSSR count). The molecule has 110 valence electrons. The quantitative estimate of drug-likeness (QED) is 0.548. The summed E-state index contributed by atoms with van der Waals surface area (Å²) in [5.41, 5.74) is 0.604. The third-order valence-electron chi connectivity index (χ3n) is 1.51. The van der Waals surface area contributed by atoms with Gasteiger partial charge in [-0.15, -0.1) is 0 Å². The van der Waals surface area contributed by atoms with E-state index in [-0.39, 0.29) is 18.0 Å². The van der Waals surface area contributed by atoms with Crippen molar-refractivity contribution >= 4 is 11.6 Å². The van der Waals surface area contributed by atoms with Crippen LogP contribution in [0.15, 0.2) is 30.3 Å². The van der Waals surface area contributed by atoms with Crippen LogP contribution in [0.5, 0.6) is 0 Å². The molecule has 0 aliphatic carbocycles. The van der Waals surface area contributed by atoms with Crippen LogP contribution in [0.3, 0.4) is 0 Å². The molecule has 0 aliphatic rings. The van der Waals surface area contributed by atoms with Crippen LogP contribution in [-0.4, -0.2) is 11.6 Å². The maximum atomic E-state index is 11.2. The first-order chi connectivity index (χ1) is 9.11. The Bertz CT molecular complexity index is 302. The van der Waals surface area contributed by atoms with Gasteiger partial charge in [0.25, 0.3) is 0 Å². The van der Waals surface area contributed by atoms with Gasteiger partial charge >= 0.3 is 0 Å². The number of carbonyl (C=O) groups excluding carboxylic acids is 2. The van der Waals surface area contributed by atoms with Crippen LogP contribution in [0.25, 0.3) is 0 Å². The summed E-state index contributed by atoms with van der Waals surface area (Å²) in [5.74, 6) is -0.202. The van der Waals surface area contributed by atoms with E-state index in [4.69, 9.17) is 0 Å². The predicted molar refractivity (Wildman–Crippen MR) is 84.7 cm³/mol. The molecule has 0 unspecified atom stereocenters. The second-order valence-electron chi connectivity index (χ2n) is 3.38. The second kappa shape index (κ2) is 18.9. The average Bonchev–Trinajstić information content (AvgIpc) is 2.44. The Balaban J connectivity index is -0.000000313. The summed E-state index contributed by atoms with van der Waals surface area (Å²) in [5, 5.41) is 0. The highest BCUT2D eigenvalue weighted by molar-refractivity contribution is 6.07. The first-order valence-corrected chi connectivity index (χ1v) is 7.19. The van der Waals surface area contributed by atoms with Crippen molar-refractivity contribution < 1.29 is 9.59 Å². The average molecular weight is 266 g/mol. The van der Waals surface area contributed by atoms with E-state index < -0.39 is 0 Å². The minimum atomic E-state index is -0.108. The maximum Gasteiger partial charge on any atom is 0.170 e. The topological polar surface area (TPSA) is 34.1 Å². The van der Waals surface area contributed by atoms with Crippen molar-refractivity contribution in [1.82, 2.24) is 0 Å². The summed E-state index contributed by atoms with van der Waals surface area (Å²) < 4.78 is 0. The number of rotatable bonds is 3. The van der Waals surface area contributed by atoms with Gasteiger partial charge in [-0.3, -0.25) is 9.59 Å². The molecule has 0 aliphatic heterocycles. The fourth-order valence-electron chi connectivity index (χ4n) is 0.952. The normalized spacial score (nSPS) is 7.53. The molecule has 0 amide bonds. The number of hydrogen-bond donors (Lipinski definition) is 0. The van der Waals surface area contributed by atoms with Crippen molar-refractivity contribution in [2.45, 2.75) is 61.3 Å².